The Labute approximate surface area is 165 Å². The van der Waals surface area contributed by atoms with Gasteiger partial charge in [0.1, 0.15) is 4.90 Å². The molecule has 29 heavy (non-hydrogen) atoms. The number of benzene rings is 3. The van der Waals surface area contributed by atoms with Crippen LogP contribution < -0.4 is 10.9 Å². The summed E-state index contributed by atoms with van der Waals surface area (Å²) in [6.45, 7) is 0. The Morgan fingerprint density at radius 2 is 1.45 bits per heavy atom. The molecule has 0 aliphatic carbocycles. The molecule has 0 saturated carbocycles. The zero-order valence-electron chi connectivity index (χ0n) is 14.4. The molecule has 0 saturated heterocycles. The third-order valence-corrected chi connectivity index (χ3v) is 5.79. The normalized spacial score (nSPS) is 11.9. The maximum absolute atomic E-state index is 11.9. The van der Waals surface area contributed by atoms with Crippen LogP contribution in [0.3, 0.4) is 0 Å². The van der Waals surface area contributed by atoms with E-state index in [0.29, 0.717) is 5.39 Å². The van der Waals surface area contributed by atoms with E-state index in [-0.39, 0.29) is 22.3 Å². The van der Waals surface area contributed by atoms with Crippen LogP contribution in [0.1, 0.15) is 10.4 Å². The zero-order chi connectivity index (χ0) is 21.4. The number of carbonyl (C=O) groups is 1. The van der Waals surface area contributed by atoms with Crippen molar-refractivity contribution < 1.29 is 35.8 Å². The summed E-state index contributed by atoms with van der Waals surface area (Å²) in [5.74, 6) is -1.40. The lowest BCUT2D eigenvalue weighted by Crippen LogP contribution is -2.16. The van der Waals surface area contributed by atoms with Crippen molar-refractivity contribution in [1.82, 2.24) is 0 Å². The molecular weight excluding hydrogens is 424 g/mol. The number of nitrogens with one attached hydrogen (secondary N) is 2. The number of hydrazine groups is 1. The smallest absolute Gasteiger partial charge is 0.337 e. The first-order chi connectivity index (χ1) is 13.5. The van der Waals surface area contributed by atoms with Crippen LogP contribution in [0.15, 0.2) is 64.4 Å². The Morgan fingerprint density at radius 1 is 0.793 bits per heavy atom. The van der Waals surface area contributed by atoms with Crippen molar-refractivity contribution in [2.24, 2.45) is 0 Å². The minimum atomic E-state index is -4.68. The summed E-state index contributed by atoms with van der Waals surface area (Å²) < 4.78 is 65.3. The van der Waals surface area contributed by atoms with Crippen molar-refractivity contribution in [2.45, 2.75) is 9.79 Å². The van der Waals surface area contributed by atoms with Gasteiger partial charge in [0, 0.05) is 5.39 Å². The lowest BCUT2D eigenvalue weighted by molar-refractivity contribution is 0.0697. The number of hydrogen-bond donors (Lipinski definition) is 5. The van der Waals surface area contributed by atoms with Gasteiger partial charge in [-0.2, -0.15) is 16.8 Å². The summed E-state index contributed by atoms with van der Waals surface area (Å²) in [5, 5.41) is 10.0. The van der Waals surface area contributed by atoms with Gasteiger partial charge in [-0.1, -0.05) is 30.3 Å². The van der Waals surface area contributed by atoms with Crippen molar-refractivity contribution in [3.8, 4) is 0 Å². The van der Waals surface area contributed by atoms with Gasteiger partial charge in [-0.15, -0.1) is 0 Å². The molecule has 12 heteroatoms. The number of carboxylic acids is 1. The highest BCUT2D eigenvalue weighted by Gasteiger charge is 2.21. The molecule has 0 bridgehead atoms. The quantitative estimate of drug-likeness (QED) is 0.284. The van der Waals surface area contributed by atoms with Crippen LogP contribution in [0, 0.1) is 0 Å². The van der Waals surface area contributed by atoms with Gasteiger partial charge in [0.15, 0.2) is 0 Å². The average Bonchev–Trinajstić information content (AvgIpc) is 2.63. The summed E-state index contributed by atoms with van der Waals surface area (Å²) in [4.78, 5) is 10.4. The second-order valence-electron chi connectivity index (χ2n) is 5.88. The molecule has 0 aromatic heterocycles. The molecule has 0 aliphatic rings. The lowest BCUT2D eigenvalue weighted by atomic mass is 10.1. The van der Waals surface area contributed by atoms with Gasteiger partial charge in [0.2, 0.25) is 0 Å². The van der Waals surface area contributed by atoms with Crippen molar-refractivity contribution in [2.75, 3.05) is 10.9 Å². The maximum atomic E-state index is 11.9. The monoisotopic (exact) mass is 438 g/mol. The number of aromatic carboxylic acids is 1. The topological polar surface area (TPSA) is 170 Å². The second kappa shape index (κ2) is 7.33. The summed E-state index contributed by atoms with van der Waals surface area (Å²) in [6.07, 6.45) is 0. The van der Waals surface area contributed by atoms with Gasteiger partial charge in [0.25, 0.3) is 20.2 Å². The molecule has 0 atom stereocenters. The zero-order valence-corrected chi connectivity index (χ0v) is 16.0. The first kappa shape index (κ1) is 20.5. The largest absolute Gasteiger partial charge is 0.478 e. The van der Waals surface area contributed by atoms with Crippen molar-refractivity contribution in [3.05, 3.63) is 60.2 Å². The van der Waals surface area contributed by atoms with E-state index in [1.54, 1.807) is 24.3 Å². The van der Waals surface area contributed by atoms with Crippen LogP contribution in [-0.2, 0) is 20.2 Å². The molecular formula is C17H14N2O8S2. The van der Waals surface area contributed by atoms with Crippen molar-refractivity contribution in [3.63, 3.8) is 0 Å². The van der Waals surface area contributed by atoms with E-state index in [1.807, 2.05) is 0 Å². The van der Waals surface area contributed by atoms with Crippen molar-refractivity contribution >= 4 is 48.4 Å². The highest BCUT2D eigenvalue weighted by atomic mass is 32.2. The third kappa shape index (κ3) is 4.30. The average molecular weight is 438 g/mol. The van der Waals surface area contributed by atoms with Gasteiger partial charge >= 0.3 is 5.97 Å². The molecule has 0 amide bonds. The highest BCUT2D eigenvalue weighted by Crippen LogP contribution is 2.31. The molecule has 0 heterocycles. The fourth-order valence-corrected chi connectivity index (χ4v) is 4.10. The van der Waals surface area contributed by atoms with Crippen LogP contribution >= 0.6 is 0 Å². The molecule has 10 nitrogen and oxygen atoms in total. The van der Waals surface area contributed by atoms with Gasteiger partial charge in [-0.05, 0) is 29.7 Å². The molecule has 3 aromatic carbocycles. The molecule has 0 spiro atoms. The fourth-order valence-electron chi connectivity index (χ4n) is 2.73. The summed E-state index contributed by atoms with van der Waals surface area (Å²) in [7, 11) is -9.28. The highest BCUT2D eigenvalue weighted by molar-refractivity contribution is 7.86. The third-order valence-electron chi connectivity index (χ3n) is 3.99. The number of carboxylic acid groups (broad SMARTS) is 1. The van der Waals surface area contributed by atoms with Crippen molar-refractivity contribution in [1.29, 1.82) is 0 Å². The van der Waals surface area contributed by atoms with Crippen LogP contribution in [0.5, 0.6) is 0 Å². The summed E-state index contributed by atoms with van der Waals surface area (Å²) in [6, 6.07) is 12.0. The van der Waals surface area contributed by atoms with E-state index in [2.05, 4.69) is 10.9 Å². The van der Waals surface area contributed by atoms with Crippen LogP contribution in [0.2, 0.25) is 0 Å². The second-order valence-corrected chi connectivity index (χ2v) is 8.66. The molecule has 0 radical (unpaired) electrons. The molecule has 5 N–H and O–H groups in total. The number of fused-ring (bicyclic) bond motifs is 1. The Morgan fingerprint density at radius 3 is 2.07 bits per heavy atom. The van der Waals surface area contributed by atoms with E-state index in [4.69, 9.17) is 4.55 Å². The Kier molecular flexibility index (Phi) is 5.19. The predicted molar refractivity (Wildman–Crippen MR) is 104 cm³/mol. The number of hydrogen-bond acceptors (Lipinski definition) is 7. The molecule has 0 aliphatic heterocycles. The minimum Gasteiger partial charge on any atom is -0.478 e. The van der Waals surface area contributed by atoms with Gasteiger partial charge in [-0.25, -0.2) is 4.79 Å². The maximum Gasteiger partial charge on any atom is 0.337 e. The Balaban J connectivity index is 2.09. The molecule has 3 rings (SSSR count). The van der Waals surface area contributed by atoms with Crippen LogP contribution in [0.4, 0.5) is 11.4 Å². The number of rotatable bonds is 6. The molecule has 152 valence electrons. The van der Waals surface area contributed by atoms with Gasteiger partial charge in [0.05, 0.1) is 21.8 Å². The standard InChI is InChI=1S/C17H14N2O8S2/c20-17(21)13-7-6-11(28(22,23)24)9-15(13)19-18-14-8-5-10-3-1-2-4-12(10)16(14)29(25,26)27/h1-9,18-19H,(H,20,21)(H,22,23,24)(H,25,26,27). The SMILES string of the molecule is O=C(O)c1ccc(S(=O)(=O)O)cc1NNc1ccc2ccccc2c1S(=O)(=O)O. The number of anilines is 2. The molecule has 3 aromatic rings. The Hall–Kier alpha value is -3.19. The van der Waals surface area contributed by atoms with Crippen LogP contribution in [0.25, 0.3) is 10.8 Å². The van der Waals surface area contributed by atoms with E-state index in [9.17, 15) is 31.3 Å². The molecule has 0 unspecified atom stereocenters. The van der Waals surface area contributed by atoms with Gasteiger partial charge < -0.3 is 5.11 Å². The summed E-state index contributed by atoms with van der Waals surface area (Å²) >= 11 is 0. The Bertz CT molecular complexity index is 1330. The first-order valence-electron chi connectivity index (χ1n) is 7.84. The van der Waals surface area contributed by atoms with E-state index in [1.165, 1.54) is 12.1 Å². The van der Waals surface area contributed by atoms with Gasteiger partial charge in [-0.3, -0.25) is 20.0 Å². The minimum absolute atomic E-state index is 0.111. The fraction of sp³-hybridized carbons (Fsp3) is 0. The predicted octanol–water partition coefficient (Wildman–Crippen LogP) is 2.47. The van der Waals surface area contributed by atoms with E-state index >= 15 is 0 Å². The van der Waals surface area contributed by atoms with E-state index in [0.717, 1.165) is 18.2 Å². The van der Waals surface area contributed by atoms with E-state index < -0.39 is 36.0 Å². The summed E-state index contributed by atoms with van der Waals surface area (Å²) in [5.41, 5.74) is 4.17. The van der Waals surface area contributed by atoms with Crippen LogP contribution in [-0.4, -0.2) is 37.0 Å². The first-order valence-corrected chi connectivity index (χ1v) is 10.7. The lowest BCUT2D eigenvalue weighted by Gasteiger charge is -2.16. The molecule has 0 fully saturated rings.